The van der Waals surface area contributed by atoms with Crippen LogP contribution in [0.3, 0.4) is 0 Å². The fraction of sp³-hybridized carbons (Fsp3) is 0.846. The van der Waals surface area contributed by atoms with Gasteiger partial charge in [0.2, 0.25) is 0 Å². The zero-order valence-electron chi connectivity index (χ0n) is 12.2. The molecule has 0 aromatic heterocycles. The molecule has 0 spiro atoms. The second kappa shape index (κ2) is 6.23. The fourth-order valence-corrected chi connectivity index (χ4v) is 1.98. The topological polar surface area (TPSA) is 73.9 Å². The Bertz CT molecular complexity index is 336. The molecule has 0 aromatic carbocycles. The quantitative estimate of drug-likeness (QED) is 0.788. The third kappa shape index (κ3) is 5.06. The lowest BCUT2D eigenvalue weighted by Gasteiger charge is -2.20. The summed E-state index contributed by atoms with van der Waals surface area (Å²) in [5.41, 5.74) is -0.525. The minimum absolute atomic E-state index is 0.0814. The van der Waals surface area contributed by atoms with E-state index in [0.29, 0.717) is 13.0 Å². The first-order valence-corrected chi connectivity index (χ1v) is 6.43. The van der Waals surface area contributed by atoms with E-state index < -0.39 is 17.8 Å². The van der Waals surface area contributed by atoms with E-state index in [2.05, 4.69) is 10.1 Å². The molecule has 19 heavy (non-hydrogen) atoms. The number of nitrogens with one attached hydrogen (secondary N) is 1. The standard InChI is InChI=1S/C13H23NO5/c1-8-6-9(18-10(8)11(15)17-5)7-14-12(16)19-13(2,3)4/h8-10H,6-7H2,1-5H3,(H,14,16). The van der Waals surface area contributed by atoms with E-state index >= 15 is 0 Å². The zero-order chi connectivity index (χ0) is 14.6. The van der Waals surface area contributed by atoms with Gasteiger partial charge in [0.25, 0.3) is 0 Å². The third-order valence-corrected chi connectivity index (χ3v) is 2.80. The molecule has 0 aromatic rings. The van der Waals surface area contributed by atoms with Gasteiger partial charge >= 0.3 is 12.1 Å². The Morgan fingerprint density at radius 2 is 2.00 bits per heavy atom. The Balaban J connectivity index is 2.36. The molecule has 1 rings (SSSR count). The molecule has 0 radical (unpaired) electrons. The van der Waals surface area contributed by atoms with Gasteiger partial charge in [0, 0.05) is 6.54 Å². The predicted molar refractivity (Wildman–Crippen MR) is 68.7 cm³/mol. The van der Waals surface area contributed by atoms with Crippen molar-refractivity contribution in [3.8, 4) is 0 Å². The molecule has 1 aliphatic heterocycles. The van der Waals surface area contributed by atoms with Crippen LogP contribution in [0, 0.1) is 5.92 Å². The van der Waals surface area contributed by atoms with E-state index in [9.17, 15) is 9.59 Å². The molecule has 1 heterocycles. The number of rotatable bonds is 3. The van der Waals surface area contributed by atoms with Crippen molar-refractivity contribution in [3.63, 3.8) is 0 Å². The molecule has 3 atom stereocenters. The molecule has 1 aliphatic rings. The smallest absolute Gasteiger partial charge is 0.407 e. The maximum Gasteiger partial charge on any atom is 0.407 e. The number of methoxy groups -OCH3 is 1. The molecule has 1 N–H and O–H groups in total. The molecule has 1 fully saturated rings. The van der Waals surface area contributed by atoms with Gasteiger partial charge in [-0.25, -0.2) is 9.59 Å². The summed E-state index contributed by atoms with van der Waals surface area (Å²) >= 11 is 0. The molecule has 6 heteroatoms. The Morgan fingerprint density at radius 1 is 1.37 bits per heavy atom. The molecule has 1 amide bonds. The zero-order valence-corrected chi connectivity index (χ0v) is 12.2. The van der Waals surface area contributed by atoms with Gasteiger partial charge in [0.1, 0.15) is 5.60 Å². The molecule has 0 aliphatic carbocycles. The van der Waals surface area contributed by atoms with Crippen molar-refractivity contribution >= 4 is 12.1 Å². The van der Waals surface area contributed by atoms with Gasteiger partial charge in [-0.15, -0.1) is 0 Å². The minimum Gasteiger partial charge on any atom is -0.467 e. The average molecular weight is 273 g/mol. The minimum atomic E-state index is -0.546. The van der Waals surface area contributed by atoms with Crippen LogP contribution in [0.2, 0.25) is 0 Å². The fourth-order valence-electron chi connectivity index (χ4n) is 1.98. The highest BCUT2D eigenvalue weighted by Gasteiger charge is 2.37. The van der Waals surface area contributed by atoms with E-state index in [4.69, 9.17) is 9.47 Å². The van der Waals surface area contributed by atoms with E-state index in [1.165, 1.54) is 7.11 Å². The van der Waals surface area contributed by atoms with Crippen molar-refractivity contribution in [1.29, 1.82) is 0 Å². The maximum atomic E-state index is 11.5. The molecule has 0 bridgehead atoms. The normalized spacial score (nSPS) is 26.9. The summed E-state index contributed by atoms with van der Waals surface area (Å²) in [6, 6.07) is 0. The van der Waals surface area contributed by atoms with Crippen LogP contribution >= 0.6 is 0 Å². The van der Waals surface area contributed by atoms with Gasteiger partial charge < -0.3 is 19.5 Å². The van der Waals surface area contributed by atoms with Gasteiger partial charge in [0.15, 0.2) is 6.10 Å². The Hall–Kier alpha value is -1.30. The van der Waals surface area contributed by atoms with Crippen LogP contribution < -0.4 is 5.32 Å². The first-order chi connectivity index (χ1) is 8.73. The number of alkyl carbamates (subject to hydrolysis) is 1. The van der Waals surface area contributed by atoms with E-state index in [1.54, 1.807) is 20.8 Å². The average Bonchev–Trinajstić information content (AvgIpc) is 2.65. The molecule has 0 saturated carbocycles. The summed E-state index contributed by atoms with van der Waals surface area (Å²) in [5.74, 6) is -0.287. The molecule has 6 nitrogen and oxygen atoms in total. The lowest BCUT2D eigenvalue weighted by molar-refractivity contribution is -0.154. The number of esters is 1. The second-order valence-corrected chi connectivity index (χ2v) is 5.80. The van der Waals surface area contributed by atoms with Crippen LogP contribution in [-0.4, -0.2) is 43.5 Å². The lowest BCUT2D eigenvalue weighted by atomic mass is 10.0. The van der Waals surface area contributed by atoms with Crippen LogP contribution in [-0.2, 0) is 19.0 Å². The monoisotopic (exact) mass is 273 g/mol. The van der Waals surface area contributed by atoms with E-state index in [1.807, 2.05) is 6.92 Å². The number of hydrogen-bond donors (Lipinski definition) is 1. The molecule has 110 valence electrons. The van der Waals surface area contributed by atoms with Crippen molar-refractivity contribution in [2.45, 2.75) is 51.9 Å². The Morgan fingerprint density at radius 3 is 2.53 bits per heavy atom. The Labute approximate surface area is 113 Å². The van der Waals surface area contributed by atoms with Gasteiger partial charge in [0.05, 0.1) is 13.2 Å². The van der Waals surface area contributed by atoms with Gasteiger partial charge in [-0.1, -0.05) is 6.92 Å². The molecular formula is C13H23NO5. The highest BCUT2D eigenvalue weighted by atomic mass is 16.6. The second-order valence-electron chi connectivity index (χ2n) is 5.80. The van der Waals surface area contributed by atoms with Gasteiger partial charge in [-0.2, -0.15) is 0 Å². The largest absolute Gasteiger partial charge is 0.467 e. The first kappa shape index (κ1) is 15.8. The van der Waals surface area contributed by atoms with Crippen molar-refractivity contribution in [2.75, 3.05) is 13.7 Å². The van der Waals surface area contributed by atoms with Crippen molar-refractivity contribution in [1.82, 2.24) is 5.32 Å². The maximum absolute atomic E-state index is 11.5. The summed E-state index contributed by atoms with van der Waals surface area (Å²) in [6.07, 6.45) is -0.512. The lowest BCUT2D eigenvalue weighted by Crippen LogP contribution is -2.37. The summed E-state index contributed by atoms with van der Waals surface area (Å²) in [5, 5.41) is 2.64. The third-order valence-electron chi connectivity index (χ3n) is 2.80. The van der Waals surface area contributed by atoms with E-state index in [-0.39, 0.29) is 18.0 Å². The Kier molecular flexibility index (Phi) is 5.17. The summed E-state index contributed by atoms with van der Waals surface area (Å²) in [4.78, 5) is 22.9. The van der Waals surface area contributed by atoms with Gasteiger partial charge in [-0.05, 0) is 33.1 Å². The number of hydrogen-bond acceptors (Lipinski definition) is 5. The van der Waals surface area contributed by atoms with Crippen molar-refractivity contribution in [3.05, 3.63) is 0 Å². The van der Waals surface area contributed by atoms with E-state index in [0.717, 1.165) is 0 Å². The highest BCUT2D eigenvalue weighted by Crippen LogP contribution is 2.26. The van der Waals surface area contributed by atoms with Crippen LogP contribution in [0.25, 0.3) is 0 Å². The first-order valence-electron chi connectivity index (χ1n) is 6.43. The molecule has 3 unspecified atom stereocenters. The predicted octanol–water partition coefficient (Wildman–Crippen LogP) is 1.48. The molecular weight excluding hydrogens is 250 g/mol. The SMILES string of the molecule is COC(=O)C1OC(CNC(=O)OC(C)(C)C)CC1C. The number of carbonyl (C=O) groups excluding carboxylic acids is 2. The van der Waals surface area contributed by atoms with Crippen molar-refractivity contribution < 1.29 is 23.8 Å². The molecule has 1 saturated heterocycles. The summed E-state index contributed by atoms with van der Waals surface area (Å²) < 4.78 is 15.4. The van der Waals surface area contributed by atoms with Crippen LogP contribution in [0.1, 0.15) is 34.1 Å². The van der Waals surface area contributed by atoms with Crippen molar-refractivity contribution in [2.24, 2.45) is 5.92 Å². The number of amides is 1. The highest BCUT2D eigenvalue weighted by molar-refractivity contribution is 5.75. The number of ether oxygens (including phenoxy) is 3. The van der Waals surface area contributed by atoms with Gasteiger partial charge in [-0.3, -0.25) is 0 Å². The van der Waals surface area contributed by atoms with Crippen LogP contribution in [0.5, 0.6) is 0 Å². The summed E-state index contributed by atoms with van der Waals surface area (Å²) in [6.45, 7) is 7.65. The van der Waals surface area contributed by atoms with Crippen LogP contribution in [0.4, 0.5) is 4.79 Å². The number of carbonyl (C=O) groups is 2. The van der Waals surface area contributed by atoms with Crippen LogP contribution in [0.15, 0.2) is 0 Å². The summed E-state index contributed by atoms with van der Waals surface area (Å²) in [7, 11) is 1.34.